The molecule has 1 fully saturated rings. The number of amides is 3. The zero-order valence-electron chi connectivity index (χ0n) is 23.7. The van der Waals surface area contributed by atoms with Gasteiger partial charge in [0.2, 0.25) is 0 Å². The van der Waals surface area contributed by atoms with Crippen LogP contribution in [0.4, 0.5) is 9.93 Å². The molecular weight excluding hydrogens is 528 g/mol. The third-order valence-corrected chi connectivity index (χ3v) is 8.21. The van der Waals surface area contributed by atoms with E-state index in [9.17, 15) is 19.2 Å². The van der Waals surface area contributed by atoms with Crippen LogP contribution in [-0.4, -0.2) is 57.2 Å². The number of rotatable bonds is 10. The standard InChI is InChI=1S/C29H38N6O4S/c1-17(2)13-21(15-36)34(26(37)23-16-40-29(31-23)33(14-18(3)4)20-9-8-10-20)27(38)25-19(5)22-11-6-7-12-24(22)35(25)28(39)32-30/h6-7,11-12,15-18,20-21H,8-10,13-14,30H2,1-5H3,(H,32,39)/t21-/m0/s1. The average Bonchev–Trinajstić information content (AvgIpc) is 3.49. The fourth-order valence-electron chi connectivity index (χ4n) is 5.24. The number of aromatic nitrogens is 2. The summed E-state index contributed by atoms with van der Waals surface area (Å²) >= 11 is 1.36. The number of anilines is 1. The summed E-state index contributed by atoms with van der Waals surface area (Å²) in [6.07, 6.45) is 4.21. The summed E-state index contributed by atoms with van der Waals surface area (Å²) in [6, 6.07) is 5.63. The molecule has 0 radical (unpaired) electrons. The lowest BCUT2D eigenvalue weighted by molar-refractivity contribution is -0.111. The predicted molar refractivity (Wildman–Crippen MR) is 157 cm³/mol. The highest BCUT2D eigenvalue weighted by Gasteiger charge is 2.37. The molecule has 3 amide bonds. The maximum Gasteiger partial charge on any atom is 0.340 e. The number of fused-ring (bicyclic) bond motifs is 1. The Bertz CT molecular complexity index is 1410. The highest BCUT2D eigenvalue weighted by Crippen LogP contribution is 2.33. The van der Waals surface area contributed by atoms with Crippen molar-refractivity contribution in [2.45, 2.75) is 72.4 Å². The first-order valence-electron chi connectivity index (χ1n) is 13.7. The lowest BCUT2D eigenvalue weighted by atomic mass is 9.91. The van der Waals surface area contributed by atoms with E-state index in [0.29, 0.717) is 34.7 Å². The third kappa shape index (κ3) is 5.66. The molecule has 10 nitrogen and oxygen atoms in total. The van der Waals surface area contributed by atoms with Gasteiger partial charge in [0.05, 0.1) is 11.6 Å². The number of benzene rings is 1. The number of nitrogens with two attached hydrogens (primary N) is 1. The molecule has 3 N–H and O–H groups in total. The van der Waals surface area contributed by atoms with Gasteiger partial charge in [-0.1, -0.05) is 45.9 Å². The quantitative estimate of drug-likeness (QED) is 0.119. The molecule has 1 aliphatic rings. The van der Waals surface area contributed by atoms with Crippen molar-refractivity contribution in [3.05, 3.63) is 46.6 Å². The molecule has 1 atom stereocenters. The topological polar surface area (TPSA) is 131 Å². The molecular formula is C29H38N6O4S. The van der Waals surface area contributed by atoms with Gasteiger partial charge in [0, 0.05) is 23.4 Å². The highest BCUT2D eigenvalue weighted by atomic mass is 32.1. The molecule has 2 heterocycles. The average molecular weight is 567 g/mol. The Kier molecular flexibility index (Phi) is 9.05. The maximum absolute atomic E-state index is 14.3. The number of nitrogen functional groups attached to an aromatic ring is 1. The zero-order valence-corrected chi connectivity index (χ0v) is 24.5. The number of aldehydes is 1. The Hall–Kier alpha value is -3.57. The number of nitrogens with zero attached hydrogens (tertiary/aromatic N) is 4. The van der Waals surface area contributed by atoms with E-state index in [1.807, 2.05) is 13.8 Å². The van der Waals surface area contributed by atoms with Gasteiger partial charge in [-0.15, -0.1) is 11.3 Å². The minimum absolute atomic E-state index is 0.0174. The van der Waals surface area contributed by atoms with Gasteiger partial charge < -0.3 is 9.69 Å². The summed E-state index contributed by atoms with van der Waals surface area (Å²) in [5.74, 6) is 4.47. The minimum atomic E-state index is -1.05. The number of para-hydroxylation sites is 1. The number of thiazole rings is 1. The second-order valence-electron chi connectivity index (χ2n) is 11.2. The molecule has 0 aliphatic heterocycles. The monoisotopic (exact) mass is 566 g/mol. The summed E-state index contributed by atoms with van der Waals surface area (Å²) < 4.78 is 1.16. The van der Waals surface area contributed by atoms with Crippen molar-refractivity contribution in [1.29, 1.82) is 0 Å². The van der Waals surface area contributed by atoms with Gasteiger partial charge >= 0.3 is 6.03 Å². The fraction of sp³-hybridized carbons (Fsp3) is 0.483. The smallest absolute Gasteiger partial charge is 0.340 e. The Balaban J connectivity index is 1.80. The van der Waals surface area contributed by atoms with Crippen LogP contribution in [0.2, 0.25) is 0 Å². The number of carbonyl (C=O) groups is 4. The van der Waals surface area contributed by atoms with Crippen LogP contribution >= 0.6 is 11.3 Å². The van der Waals surface area contributed by atoms with Crippen molar-refractivity contribution < 1.29 is 19.2 Å². The maximum atomic E-state index is 14.3. The van der Waals surface area contributed by atoms with Crippen LogP contribution in [0, 0.1) is 18.8 Å². The number of hydrogen-bond acceptors (Lipinski definition) is 8. The van der Waals surface area contributed by atoms with Gasteiger partial charge in [0.1, 0.15) is 17.7 Å². The number of imide groups is 1. The van der Waals surface area contributed by atoms with E-state index >= 15 is 0 Å². The van der Waals surface area contributed by atoms with Crippen LogP contribution < -0.4 is 16.2 Å². The van der Waals surface area contributed by atoms with E-state index in [4.69, 9.17) is 5.84 Å². The molecule has 0 bridgehead atoms. The van der Waals surface area contributed by atoms with Crippen molar-refractivity contribution in [3.8, 4) is 0 Å². The first-order valence-corrected chi connectivity index (χ1v) is 14.6. The SMILES string of the molecule is Cc1c(C(=O)N(C(=O)c2csc(N(CC(C)C)C3CCC3)n2)[C@H](C=O)CC(C)C)n(C(=O)NN)c2ccccc12. The molecule has 40 heavy (non-hydrogen) atoms. The van der Waals surface area contributed by atoms with E-state index in [2.05, 4.69) is 29.2 Å². The minimum Gasteiger partial charge on any atom is -0.345 e. The van der Waals surface area contributed by atoms with Gasteiger partial charge in [-0.05, 0) is 56.1 Å². The van der Waals surface area contributed by atoms with Gasteiger partial charge in [-0.3, -0.25) is 24.5 Å². The second-order valence-corrected chi connectivity index (χ2v) is 12.1. The Morgan fingerprint density at radius 1 is 1.15 bits per heavy atom. The summed E-state index contributed by atoms with van der Waals surface area (Å²) in [4.78, 5) is 61.5. The summed E-state index contributed by atoms with van der Waals surface area (Å²) in [5.41, 5.74) is 3.13. The van der Waals surface area contributed by atoms with Crippen LogP contribution in [0.5, 0.6) is 0 Å². The molecule has 3 aromatic rings. The van der Waals surface area contributed by atoms with Gasteiger partial charge in [0.15, 0.2) is 5.13 Å². The van der Waals surface area contributed by atoms with Crippen molar-refractivity contribution in [2.75, 3.05) is 11.4 Å². The molecule has 0 saturated heterocycles. The van der Waals surface area contributed by atoms with E-state index in [-0.39, 0.29) is 23.7 Å². The van der Waals surface area contributed by atoms with Crippen molar-refractivity contribution >= 4 is 51.5 Å². The largest absolute Gasteiger partial charge is 0.345 e. The number of carbonyl (C=O) groups excluding carboxylic acids is 4. The summed E-state index contributed by atoms with van der Waals surface area (Å²) in [5, 5.41) is 3.04. The number of nitrogens with one attached hydrogen (secondary N) is 1. The molecule has 0 spiro atoms. The lowest BCUT2D eigenvalue weighted by Crippen LogP contribution is -2.48. The van der Waals surface area contributed by atoms with E-state index in [0.717, 1.165) is 34.0 Å². The van der Waals surface area contributed by atoms with E-state index < -0.39 is 23.9 Å². The number of hydrogen-bond donors (Lipinski definition) is 2. The van der Waals surface area contributed by atoms with Crippen LogP contribution in [0.25, 0.3) is 10.9 Å². The van der Waals surface area contributed by atoms with E-state index in [1.54, 1.807) is 36.6 Å². The van der Waals surface area contributed by atoms with E-state index in [1.165, 1.54) is 17.8 Å². The molecule has 2 aromatic heterocycles. The van der Waals surface area contributed by atoms with Crippen LogP contribution in [0.3, 0.4) is 0 Å². The van der Waals surface area contributed by atoms with Crippen LogP contribution in [0.15, 0.2) is 29.6 Å². The zero-order chi connectivity index (χ0) is 29.1. The van der Waals surface area contributed by atoms with Crippen LogP contribution in [0.1, 0.15) is 79.9 Å². The molecule has 4 rings (SSSR count). The molecule has 11 heteroatoms. The molecule has 1 saturated carbocycles. The Morgan fingerprint density at radius 2 is 1.85 bits per heavy atom. The Labute approximate surface area is 238 Å². The lowest BCUT2D eigenvalue weighted by Gasteiger charge is -2.38. The van der Waals surface area contributed by atoms with Gasteiger partial charge in [-0.25, -0.2) is 15.6 Å². The van der Waals surface area contributed by atoms with Gasteiger partial charge in [0.25, 0.3) is 11.8 Å². The van der Waals surface area contributed by atoms with Crippen molar-refractivity contribution in [3.63, 3.8) is 0 Å². The number of aryl methyl sites for hydroxylation is 1. The predicted octanol–water partition coefficient (Wildman–Crippen LogP) is 4.75. The van der Waals surface area contributed by atoms with Gasteiger partial charge in [-0.2, -0.15) is 0 Å². The molecule has 214 valence electrons. The molecule has 0 unspecified atom stereocenters. The normalized spacial score (nSPS) is 14.3. The molecule has 1 aliphatic carbocycles. The van der Waals surface area contributed by atoms with Crippen molar-refractivity contribution in [1.82, 2.24) is 19.9 Å². The summed E-state index contributed by atoms with van der Waals surface area (Å²) in [7, 11) is 0. The first kappa shape index (κ1) is 29.4. The first-order chi connectivity index (χ1) is 19.1. The highest BCUT2D eigenvalue weighted by molar-refractivity contribution is 7.14. The number of hydrazine groups is 1. The fourth-order valence-corrected chi connectivity index (χ4v) is 6.12. The third-order valence-electron chi connectivity index (χ3n) is 7.33. The second kappa shape index (κ2) is 12.3. The summed E-state index contributed by atoms with van der Waals surface area (Å²) in [6.45, 7) is 10.6. The van der Waals surface area contributed by atoms with Crippen LogP contribution in [-0.2, 0) is 4.79 Å². The van der Waals surface area contributed by atoms with Crippen molar-refractivity contribution in [2.24, 2.45) is 17.7 Å². The molecule has 1 aromatic carbocycles. The Morgan fingerprint density at radius 3 is 2.42 bits per heavy atom.